The van der Waals surface area contributed by atoms with Crippen LogP contribution in [0.2, 0.25) is 5.02 Å². The van der Waals surface area contributed by atoms with Gasteiger partial charge in [0.25, 0.3) is 0 Å². The largest absolute Gasteiger partial charge is 1.00 e. The van der Waals surface area contributed by atoms with E-state index in [1.165, 1.54) is 18.2 Å². The van der Waals surface area contributed by atoms with Gasteiger partial charge in [0, 0.05) is 0 Å². The van der Waals surface area contributed by atoms with Crippen molar-refractivity contribution in [3.05, 3.63) is 29.3 Å². The summed E-state index contributed by atoms with van der Waals surface area (Å²) < 4.78 is 26.5. The van der Waals surface area contributed by atoms with Crippen LogP contribution in [0.25, 0.3) is 0 Å². The Bertz CT molecular complexity index is 520. The van der Waals surface area contributed by atoms with Gasteiger partial charge < -0.3 is 5.11 Å². The molecule has 8 heteroatoms. The molecule has 1 aromatic rings. The maximum atomic E-state index is 11.7. The van der Waals surface area contributed by atoms with Gasteiger partial charge in [0.15, 0.2) is 0 Å². The molecule has 0 atom stereocenters. The smallest absolute Gasteiger partial charge is 0.861 e. The predicted molar refractivity (Wildman–Crippen MR) is 59.7 cm³/mol. The fraction of sp³-hybridized carbons (Fsp3) is 0.300. The standard InChI is InChI=1S/C10H11ClNO3S.Li.Na/c1-7(2)10(13)12-16(14,15)9-6-4-3-5-8(9)11;;/h3,5-7H,1-2H3,(H,12,13);;/q-1;2*+1/p-1. The van der Waals surface area contributed by atoms with Crippen molar-refractivity contribution in [2.24, 2.45) is 10.3 Å². The summed E-state index contributed by atoms with van der Waals surface area (Å²) in [7, 11) is -4.02. The Morgan fingerprint density at radius 3 is 2.50 bits per heavy atom. The molecule has 0 N–H and O–H groups in total. The van der Waals surface area contributed by atoms with Crippen molar-refractivity contribution in [3.8, 4) is 0 Å². The van der Waals surface area contributed by atoms with E-state index in [0.29, 0.717) is 0 Å². The molecule has 0 aliphatic rings. The number of hydrogen-bond donors (Lipinski definition) is 0. The van der Waals surface area contributed by atoms with Crippen LogP contribution in [0.3, 0.4) is 0 Å². The third-order valence-corrected chi connectivity index (χ3v) is 3.51. The normalized spacial score (nSPS) is 11.7. The molecular weight excluding hydrogens is 280 g/mol. The Labute approximate surface area is 146 Å². The van der Waals surface area contributed by atoms with Crippen molar-refractivity contribution in [2.45, 2.75) is 18.7 Å². The van der Waals surface area contributed by atoms with E-state index in [-0.39, 0.29) is 58.3 Å². The van der Waals surface area contributed by atoms with Crippen LogP contribution in [0.1, 0.15) is 13.8 Å². The molecule has 0 unspecified atom stereocenters. The molecule has 18 heavy (non-hydrogen) atoms. The van der Waals surface area contributed by atoms with Crippen molar-refractivity contribution in [1.29, 1.82) is 0 Å². The number of hydrogen-bond acceptors (Lipinski definition) is 3. The number of halogens is 1. The Balaban J connectivity index is 0. The van der Waals surface area contributed by atoms with Crippen molar-refractivity contribution in [3.63, 3.8) is 0 Å². The van der Waals surface area contributed by atoms with Crippen LogP contribution < -0.4 is 53.5 Å². The van der Waals surface area contributed by atoms with E-state index in [2.05, 4.69) is 10.5 Å². The number of sulfonamides is 1. The average molecular weight is 290 g/mol. The predicted octanol–water partition coefficient (Wildman–Crippen LogP) is -4.75. The van der Waals surface area contributed by atoms with Gasteiger partial charge >= 0.3 is 48.4 Å². The molecule has 1 aromatic carbocycles. The van der Waals surface area contributed by atoms with Crippen molar-refractivity contribution in [1.82, 2.24) is 0 Å². The monoisotopic (exact) mass is 289 g/mol. The molecule has 0 saturated heterocycles. The molecule has 0 aliphatic heterocycles. The molecule has 4 nitrogen and oxygen atoms in total. The van der Waals surface area contributed by atoms with Gasteiger partial charge in [-0.15, -0.1) is 11.6 Å². The second-order valence-corrected chi connectivity index (χ2v) is 5.40. The summed E-state index contributed by atoms with van der Waals surface area (Å²) in [5.41, 5.74) is 0. The Morgan fingerprint density at radius 1 is 1.50 bits per heavy atom. The van der Waals surface area contributed by atoms with E-state index >= 15 is 0 Å². The van der Waals surface area contributed by atoms with E-state index in [9.17, 15) is 13.5 Å². The molecule has 0 aromatic heterocycles. The van der Waals surface area contributed by atoms with Gasteiger partial charge in [-0.05, 0) is 21.7 Å². The summed E-state index contributed by atoms with van der Waals surface area (Å²) in [5.74, 6) is -1.17. The molecule has 0 fully saturated rings. The van der Waals surface area contributed by atoms with E-state index in [1.54, 1.807) is 13.8 Å². The van der Waals surface area contributed by atoms with Gasteiger partial charge in [-0.1, -0.05) is 13.8 Å². The SMILES string of the molecule is CC(C)/C([O-])=N/S(=O)(=O)c1c[c-]ccc1Cl.[Li+].[Na+]. The Kier molecular flexibility index (Phi) is 10.0. The quantitative estimate of drug-likeness (QED) is 0.243. The van der Waals surface area contributed by atoms with Gasteiger partial charge in [-0.2, -0.15) is 28.7 Å². The average Bonchev–Trinajstić information content (AvgIpc) is 2.17. The summed E-state index contributed by atoms with van der Waals surface area (Å²) in [5, 5.41) is 11.3. The van der Waals surface area contributed by atoms with Crippen LogP contribution >= 0.6 is 11.6 Å². The summed E-state index contributed by atoms with van der Waals surface area (Å²) >= 11 is 5.70. The maximum absolute atomic E-state index is 11.7. The number of benzene rings is 1. The van der Waals surface area contributed by atoms with E-state index in [4.69, 9.17) is 11.6 Å². The summed E-state index contributed by atoms with van der Waals surface area (Å²) in [4.78, 5) is -0.203. The van der Waals surface area contributed by atoms with Crippen LogP contribution in [-0.4, -0.2) is 14.3 Å². The molecule has 88 valence electrons. The first kappa shape index (κ1) is 20.8. The molecule has 0 spiro atoms. The Hall–Kier alpha value is 0.527. The fourth-order valence-electron chi connectivity index (χ4n) is 0.867. The zero-order valence-electron chi connectivity index (χ0n) is 10.8. The van der Waals surface area contributed by atoms with Gasteiger partial charge in [0.2, 0.25) is 10.0 Å². The van der Waals surface area contributed by atoms with Gasteiger partial charge in [0.1, 0.15) is 0 Å². The molecule has 0 amide bonds. The molecule has 0 bridgehead atoms. The van der Waals surface area contributed by atoms with Crippen LogP contribution in [-0.2, 0) is 10.0 Å². The van der Waals surface area contributed by atoms with Crippen LogP contribution in [0.15, 0.2) is 27.5 Å². The topological polar surface area (TPSA) is 69.6 Å². The summed E-state index contributed by atoms with van der Waals surface area (Å²) in [6, 6.07) is 6.62. The van der Waals surface area contributed by atoms with E-state index in [0.717, 1.165) is 0 Å². The van der Waals surface area contributed by atoms with Gasteiger partial charge in [-0.25, -0.2) is 8.42 Å². The molecule has 1 rings (SSSR count). The molecule has 0 aliphatic carbocycles. The fourth-order valence-corrected chi connectivity index (χ4v) is 2.35. The number of rotatable bonds is 3. The van der Waals surface area contributed by atoms with Gasteiger partial charge in [-0.3, -0.25) is 0 Å². The third-order valence-electron chi connectivity index (χ3n) is 1.76. The van der Waals surface area contributed by atoms with Crippen LogP contribution in [0, 0.1) is 12.0 Å². The van der Waals surface area contributed by atoms with E-state index < -0.39 is 21.8 Å². The van der Waals surface area contributed by atoms with Gasteiger partial charge in [0.05, 0.1) is 0 Å². The second-order valence-electron chi connectivity index (χ2n) is 3.42. The van der Waals surface area contributed by atoms with Crippen LogP contribution in [0.4, 0.5) is 0 Å². The first-order valence-electron chi connectivity index (χ1n) is 4.52. The van der Waals surface area contributed by atoms with Crippen molar-refractivity contribution < 1.29 is 61.9 Å². The first-order valence-corrected chi connectivity index (χ1v) is 6.34. The van der Waals surface area contributed by atoms with Crippen molar-refractivity contribution in [2.75, 3.05) is 0 Å². The third kappa shape index (κ3) is 5.66. The molecular formula is C10H10ClLiNNaO3S. The zero-order chi connectivity index (χ0) is 12.3. The summed E-state index contributed by atoms with van der Waals surface area (Å²) in [6.45, 7) is 3.14. The first-order chi connectivity index (χ1) is 7.34. The molecule has 0 heterocycles. The minimum absolute atomic E-state index is 0. The molecule has 0 radical (unpaired) electrons. The number of nitrogens with zero attached hydrogens (tertiary/aromatic N) is 1. The minimum atomic E-state index is -4.02. The van der Waals surface area contributed by atoms with Crippen molar-refractivity contribution >= 4 is 27.5 Å². The maximum Gasteiger partial charge on any atom is 1.00 e. The minimum Gasteiger partial charge on any atom is -0.861 e. The van der Waals surface area contributed by atoms with E-state index in [1.807, 2.05) is 0 Å². The summed E-state index contributed by atoms with van der Waals surface area (Å²) in [6.07, 6.45) is 0. The molecule has 0 saturated carbocycles. The van der Waals surface area contributed by atoms with Crippen LogP contribution in [0.5, 0.6) is 0 Å². The Morgan fingerprint density at radius 2 is 2.06 bits per heavy atom. The zero-order valence-corrected chi connectivity index (χ0v) is 14.3. The second kappa shape index (κ2) is 8.65.